The summed E-state index contributed by atoms with van der Waals surface area (Å²) in [7, 11) is 0. The zero-order valence-corrected chi connectivity index (χ0v) is 12.7. The summed E-state index contributed by atoms with van der Waals surface area (Å²) in [5.74, 6) is 1.71. The summed E-state index contributed by atoms with van der Waals surface area (Å²) in [6.45, 7) is 4.45. The van der Waals surface area contributed by atoms with Crippen LogP contribution in [-0.2, 0) is 6.54 Å². The molecule has 4 heterocycles. The van der Waals surface area contributed by atoms with Gasteiger partial charge in [-0.05, 0) is 18.2 Å². The molecule has 2 N–H and O–H groups in total. The Labute approximate surface area is 133 Å². The third kappa shape index (κ3) is 2.80. The largest absolute Gasteiger partial charge is 0.398 e. The lowest BCUT2D eigenvalue weighted by atomic mass is 10.3. The summed E-state index contributed by atoms with van der Waals surface area (Å²) in [6, 6.07) is 5.56. The third-order valence-electron chi connectivity index (χ3n) is 4.07. The van der Waals surface area contributed by atoms with Crippen molar-refractivity contribution in [3.8, 4) is 0 Å². The van der Waals surface area contributed by atoms with Gasteiger partial charge in [-0.1, -0.05) is 0 Å². The lowest BCUT2D eigenvalue weighted by Crippen LogP contribution is -2.46. The highest BCUT2D eigenvalue weighted by Crippen LogP contribution is 2.13. The Kier molecular flexibility index (Phi) is 3.51. The Morgan fingerprint density at radius 2 is 1.78 bits per heavy atom. The van der Waals surface area contributed by atoms with Crippen LogP contribution < -0.4 is 10.6 Å². The van der Waals surface area contributed by atoms with Gasteiger partial charge in [0.25, 0.3) is 0 Å². The summed E-state index contributed by atoms with van der Waals surface area (Å²) >= 11 is 0. The van der Waals surface area contributed by atoms with Crippen molar-refractivity contribution in [1.29, 1.82) is 0 Å². The smallest absolute Gasteiger partial charge is 0.225 e. The molecule has 4 rings (SSSR count). The molecule has 0 radical (unpaired) electrons. The lowest BCUT2D eigenvalue weighted by molar-refractivity contribution is 0.242. The zero-order valence-electron chi connectivity index (χ0n) is 12.7. The van der Waals surface area contributed by atoms with E-state index in [1.54, 1.807) is 12.4 Å². The van der Waals surface area contributed by atoms with E-state index >= 15 is 0 Å². The fraction of sp³-hybridized carbons (Fsp3) is 0.333. The van der Waals surface area contributed by atoms with Crippen LogP contribution in [0.4, 0.5) is 11.6 Å². The Morgan fingerprint density at radius 3 is 2.57 bits per heavy atom. The molecule has 0 amide bonds. The minimum absolute atomic E-state index is 0.713. The van der Waals surface area contributed by atoms with Crippen molar-refractivity contribution >= 4 is 17.3 Å². The zero-order chi connectivity index (χ0) is 15.6. The van der Waals surface area contributed by atoms with E-state index in [2.05, 4.69) is 30.0 Å². The maximum atomic E-state index is 5.86. The Hall–Kier alpha value is -2.74. The van der Waals surface area contributed by atoms with Gasteiger partial charge in [-0.25, -0.2) is 9.97 Å². The molecular weight excluding hydrogens is 292 g/mol. The fourth-order valence-electron chi connectivity index (χ4n) is 2.82. The van der Waals surface area contributed by atoms with Gasteiger partial charge in [0.1, 0.15) is 0 Å². The van der Waals surface area contributed by atoms with Crippen LogP contribution >= 0.6 is 0 Å². The SMILES string of the molecule is Nc1ccc2nnc(CN3CCN(c4ncccn4)CC3)n2c1. The van der Waals surface area contributed by atoms with Gasteiger partial charge in [-0.3, -0.25) is 9.30 Å². The van der Waals surface area contributed by atoms with Gasteiger partial charge in [-0.15, -0.1) is 10.2 Å². The van der Waals surface area contributed by atoms with E-state index in [0.29, 0.717) is 5.69 Å². The van der Waals surface area contributed by atoms with Crippen molar-refractivity contribution in [3.05, 3.63) is 42.6 Å². The fourth-order valence-corrected chi connectivity index (χ4v) is 2.82. The van der Waals surface area contributed by atoms with E-state index in [0.717, 1.165) is 50.1 Å². The standard InChI is InChI=1S/C15H18N8/c16-12-2-3-13-19-20-14(23(13)10-12)11-21-6-8-22(9-7-21)15-17-4-1-5-18-15/h1-5,10H,6-9,11,16H2. The molecule has 1 aliphatic heterocycles. The molecule has 0 saturated carbocycles. The van der Waals surface area contributed by atoms with Crippen molar-refractivity contribution in [2.75, 3.05) is 36.8 Å². The number of piperazine rings is 1. The Bertz CT molecular complexity index is 792. The molecule has 1 fully saturated rings. The summed E-state index contributed by atoms with van der Waals surface area (Å²) < 4.78 is 1.96. The summed E-state index contributed by atoms with van der Waals surface area (Å²) in [4.78, 5) is 13.2. The van der Waals surface area contributed by atoms with Crippen LogP contribution in [0.2, 0.25) is 0 Å². The van der Waals surface area contributed by atoms with Gasteiger partial charge in [0.2, 0.25) is 5.95 Å². The van der Waals surface area contributed by atoms with Gasteiger partial charge in [0.15, 0.2) is 11.5 Å². The van der Waals surface area contributed by atoms with Gasteiger partial charge in [-0.2, -0.15) is 0 Å². The van der Waals surface area contributed by atoms with E-state index in [9.17, 15) is 0 Å². The number of hydrogen-bond donors (Lipinski definition) is 1. The summed E-state index contributed by atoms with van der Waals surface area (Å²) in [5, 5.41) is 8.47. The van der Waals surface area contributed by atoms with E-state index in [1.165, 1.54) is 0 Å². The molecule has 3 aromatic heterocycles. The van der Waals surface area contributed by atoms with E-state index < -0.39 is 0 Å². The molecule has 0 spiro atoms. The molecule has 0 atom stereocenters. The average Bonchev–Trinajstić information content (AvgIpc) is 2.98. The second kappa shape index (κ2) is 5.81. The van der Waals surface area contributed by atoms with Crippen molar-refractivity contribution in [2.45, 2.75) is 6.54 Å². The highest BCUT2D eigenvalue weighted by Gasteiger charge is 2.20. The molecular formula is C15H18N8. The van der Waals surface area contributed by atoms with Crippen molar-refractivity contribution in [1.82, 2.24) is 29.5 Å². The van der Waals surface area contributed by atoms with Gasteiger partial charge in [0, 0.05) is 50.5 Å². The Morgan fingerprint density at radius 1 is 1.00 bits per heavy atom. The number of pyridine rings is 1. The summed E-state index contributed by atoms with van der Waals surface area (Å²) in [6.07, 6.45) is 5.43. The number of fused-ring (bicyclic) bond motifs is 1. The van der Waals surface area contributed by atoms with Crippen LogP contribution in [-0.4, -0.2) is 55.6 Å². The van der Waals surface area contributed by atoms with Crippen molar-refractivity contribution in [3.63, 3.8) is 0 Å². The van der Waals surface area contributed by atoms with Crippen LogP contribution in [0.25, 0.3) is 5.65 Å². The number of anilines is 2. The molecule has 1 saturated heterocycles. The van der Waals surface area contributed by atoms with Crippen LogP contribution in [0.15, 0.2) is 36.8 Å². The first kappa shape index (κ1) is 13.9. The quantitative estimate of drug-likeness (QED) is 0.750. The number of hydrogen-bond acceptors (Lipinski definition) is 7. The molecule has 23 heavy (non-hydrogen) atoms. The predicted octanol–water partition coefficient (Wildman–Crippen LogP) is 0.424. The average molecular weight is 310 g/mol. The monoisotopic (exact) mass is 310 g/mol. The molecule has 0 bridgehead atoms. The molecule has 8 heteroatoms. The second-order valence-electron chi connectivity index (χ2n) is 5.62. The maximum Gasteiger partial charge on any atom is 0.225 e. The number of nitrogens with two attached hydrogens (primary N) is 1. The van der Waals surface area contributed by atoms with Crippen molar-refractivity contribution < 1.29 is 0 Å². The highest BCUT2D eigenvalue weighted by atomic mass is 15.3. The minimum atomic E-state index is 0.713. The normalized spacial score (nSPS) is 16.1. The van der Waals surface area contributed by atoms with Crippen LogP contribution in [0.1, 0.15) is 5.82 Å². The lowest BCUT2D eigenvalue weighted by Gasteiger charge is -2.34. The highest BCUT2D eigenvalue weighted by molar-refractivity contribution is 5.47. The molecule has 118 valence electrons. The van der Waals surface area contributed by atoms with Crippen LogP contribution in [0.5, 0.6) is 0 Å². The Balaban J connectivity index is 1.44. The molecule has 3 aromatic rings. The minimum Gasteiger partial charge on any atom is -0.398 e. The third-order valence-corrected chi connectivity index (χ3v) is 4.07. The predicted molar refractivity (Wildman–Crippen MR) is 86.9 cm³/mol. The van der Waals surface area contributed by atoms with E-state index in [1.807, 2.05) is 28.8 Å². The summed E-state index contributed by atoms with van der Waals surface area (Å²) in [5.41, 5.74) is 7.39. The van der Waals surface area contributed by atoms with Crippen LogP contribution in [0.3, 0.4) is 0 Å². The molecule has 0 unspecified atom stereocenters. The first-order chi connectivity index (χ1) is 11.3. The van der Waals surface area contributed by atoms with Gasteiger partial charge < -0.3 is 10.6 Å². The maximum absolute atomic E-state index is 5.86. The second-order valence-corrected chi connectivity index (χ2v) is 5.62. The molecule has 0 aromatic carbocycles. The number of nitrogens with zero attached hydrogens (tertiary/aromatic N) is 7. The molecule has 1 aliphatic rings. The number of rotatable bonds is 3. The first-order valence-electron chi connectivity index (χ1n) is 7.63. The van der Waals surface area contributed by atoms with E-state index in [4.69, 9.17) is 5.73 Å². The van der Waals surface area contributed by atoms with Gasteiger partial charge in [0.05, 0.1) is 6.54 Å². The molecule has 0 aliphatic carbocycles. The number of nitrogen functional groups attached to an aromatic ring is 1. The van der Waals surface area contributed by atoms with Crippen molar-refractivity contribution in [2.24, 2.45) is 0 Å². The van der Waals surface area contributed by atoms with Crippen LogP contribution in [0, 0.1) is 0 Å². The van der Waals surface area contributed by atoms with E-state index in [-0.39, 0.29) is 0 Å². The van der Waals surface area contributed by atoms with Gasteiger partial charge >= 0.3 is 0 Å². The first-order valence-corrected chi connectivity index (χ1v) is 7.63. The molecule has 8 nitrogen and oxygen atoms in total. The number of aromatic nitrogens is 5. The topological polar surface area (TPSA) is 88.5 Å².